The number of H-pyrrole nitrogens is 1. The summed E-state index contributed by atoms with van der Waals surface area (Å²) in [6.45, 7) is -0.509. The molecule has 2 aromatic heterocycles. The van der Waals surface area contributed by atoms with E-state index in [9.17, 15) is 14.5 Å². The number of nitrogens with one attached hydrogen (secondary N) is 1. The van der Waals surface area contributed by atoms with E-state index in [4.69, 9.17) is 20.3 Å². The number of hydrogen-bond donors (Lipinski definition) is 5. The predicted octanol–water partition coefficient (Wildman–Crippen LogP) is -2.15. The van der Waals surface area contributed by atoms with Crippen LogP contribution in [0.3, 0.4) is 0 Å². The number of aromatic amines is 1. The van der Waals surface area contributed by atoms with Crippen molar-refractivity contribution in [2.45, 2.75) is 24.9 Å². The first-order valence-electron chi connectivity index (χ1n) is 6.39. The van der Waals surface area contributed by atoms with Crippen LogP contribution >= 0.6 is 7.82 Å². The molecular formula is C9H13N6O7P. The summed E-state index contributed by atoms with van der Waals surface area (Å²) in [6, 6.07) is 0. The van der Waals surface area contributed by atoms with Gasteiger partial charge in [0.05, 0.1) is 12.7 Å². The number of phosphoric acid groups is 1. The van der Waals surface area contributed by atoms with Gasteiger partial charge in [0.15, 0.2) is 17.4 Å². The van der Waals surface area contributed by atoms with Gasteiger partial charge < -0.3 is 25.4 Å². The van der Waals surface area contributed by atoms with Crippen LogP contribution in [0.2, 0.25) is 0 Å². The molecule has 3 heterocycles. The largest absolute Gasteiger partial charge is 0.469 e. The number of ether oxygens (including phenoxy) is 1. The van der Waals surface area contributed by atoms with Crippen molar-refractivity contribution in [3.8, 4) is 0 Å². The number of anilines is 1. The monoisotopic (exact) mass is 348 g/mol. The molecule has 13 nitrogen and oxygen atoms in total. The smallest absolute Gasteiger partial charge is 0.390 e. The van der Waals surface area contributed by atoms with Crippen LogP contribution in [0, 0.1) is 0 Å². The van der Waals surface area contributed by atoms with Crippen LogP contribution in [-0.4, -0.2) is 58.7 Å². The Kier molecular flexibility index (Phi) is 3.91. The zero-order chi connectivity index (χ0) is 16.8. The average Bonchev–Trinajstić information content (AvgIpc) is 2.99. The minimum atomic E-state index is -4.68. The third kappa shape index (κ3) is 3.24. The summed E-state index contributed by atoms with van der Waals surface area (Å²) in [5.74, 6) is -0.133. The molecule has 1 aliphatic heterocycles. The van der Waals surface area contributed by atoms with Gasteiger partial charge in [-0.25, -0.2) is 4.57 Å². The Balaban J connectivity index is 1.84. The van der Waals surface area contributed by atoms with Crippen molar-refractivity contribution < 1.29 is 28.7 Å². The second-order valence-electron chi connectivity index (χ2n) is 4.88. The average molecular weight is 348 g/mol. The summed E-state index contributed by atoms with van der Waals surface area (Å²) in [7, 11) is -4.68. The molecule has 1 aliphatic rings. The topological polar surface area (TPSA) is 199 Å². The molecule has 0 spiro atoms. The first kappa shape index (κ1) is 16.0. The second-order valence-corrected chi connectivity index (χ2v) is 6.12. The van der Waals surface area contributed by atoms with E-state index < -0.39 is 38.4 Å². The minimum absolute atomic E-state index is 0.0437. The van der Waals surface area contributed by atoms with Gasteiger partial charge >= 0.3 is 7.82 Å². The number of phosphoric ester groups is 1. The van der Waals surface area contributed by atoms with Crippen molar-refractivity contribution in [2.24, 2.45) is 0 Å². The maximum absolute atomic E-state index is 11.7. The van der Waals surface area contributed by atoms with Gasteiger partial charge in [0.25, 0.3) is 5.56 Å². The van der Waals surface area contributed by atoms with Gasteiger partial charge in [-0.05, 0) is 0 Å². The van der Waals surface area contributed by atoms with Gasteiger partial charge in [-0.3, -0.25) is 14.3 Å². The molecule has 1 saturated heterocycles. The molecule has 126 valence electrons. The molecule has 23 heavy (non-hydrogen) atoms. The fourth-order valence-electron chi connectivity index (χ4n) is 2.24. The van der Waals surface area contributed by atoms with Gasteiger partial charge in [0, 0.05) is 6.42 Å². The summed E-state index contributed by atoms with van der Waals surface area (Å²) >= 11 is 0. The molecule has 3 rings (SSSR count). The molecular weight excluding hydrogens is 335 g/mol. The molecule has 14 heteroatoms. The Morgan fingerprint density at radius 3 is 2.96 bits per heavy atom. The number of aliphatic hydroxyl groups excluding tert-OH is 1. The van der Waals surface area contributed by atoms with Crippen LogP contribution in [0.25, 0.3) is 11.2 Å². The maximum Gasteiger partial charge on any atom is 0.469 e. The molecule has 3 unspecified atom stereocenters. The van der Waals surface area contributed by atoms with Crippen molar-refractivity contribution in [1.29, 1.82) is 0 Å². The highest BCUT2D eigenvalue weighted by Gasteiger charge is 2.38. The number of nitrogens with two attached hydrogens (primary N) is 1. The molecule has 2 aromatic rings. The second kappa shape index (κ2) is 5.63. The summed E-state index contributed by atoms with van der Waals surface area (Å²) in [5, 5.41) is 17.3. The molecule has 1 fully saturated rings. The highest BCUT2D eigenvalue weighted by molar-refractivity contribution is 7.46. The van der Waals surface area contributed by atoms with Crippen molar-refractivity contribution in [2.75, 3.05) is 12.3 Å². The molecule has 0 aliphatic carbocycles. The van der Waals surface area contributed by atoms with Crippen molar-refractivity contribution >= 4 is 24.9 Å². The van der Waals surface area contributed by atoms with E-state index in [2.05, 4.69) is 24.8 Å². The fraction of sp³-hybridized carbons (Fsp3) is 0.556. The van der Waals surface area contributed by atoms with Gasteiger partial charge in [0.1, 0.15) is 6.10 Å². The quantitative estimate of drug-likeness (QED) is 0.377. The lowest BCUT2D eigenvalue weighted by Gasteiger charge is -2.15. The zero-order valence-corrected chi connectivity index (χ0v) is 12.3. The van der Waals surface area contributed by atoms with Crippen LogP contribution < -0.4 is 11.3 Å². The predicted molar refractivity (Wildman–Crippen MR) is 72.9 cm³/mol. The highest BCUT2D eigenvalue weighted by atomic mass is 31.2. The standard InChI is InChI=1S/C9H13N6O7P/c10-9-11-7-6(8(17)12-9)13-14-15(7)5-1-3(16)4(22-5)2-21-23(18,19)20/h3-5,16H,1-2H2,(H2,18,19,20)(H3,10,11,12,17). The number of nitrogen functional groups attached to an aromatic ring is 1. The molecule has 0 amide bonds. The first-order valence-corrected chi connectivity index (χ1v) is 7.92. The van der Waals surface area contributed by atoms with Gasteiger partial charge in [0.2, 0.25) is 5.95 Å². The van der Waals surface area contributed by atoms with E-state index in [0.29, 0.717) is 0 Å². The lowest BCUT2D eigenvalue weighted by Crippen LogP contribution is -2.26. The summed E-state index contributed by atoms with van der Waals surface area (Å²) < 4.78 is 21.6. The molecule has 3 atom stereocenters. The van der Waals surface area contributed by atoms with E-state index in [1.807, 2.05) is 0 Å². The van der Waals surface area contributed by atoms with E-state index in [1.165, 1.54) is 4.68 Å². The number of hydrogen-bond acceptors (Lipinski definition) is 9. The molecule has 0 radical (unpaired) electrons. The molecule has 0 aromatic carbocycles. The lowest BCUT2D eigenvalue weighted by atomic mass is 10.2. The van der Waals surface area contributed by atoms with E-state index >= 15 is 0 Å². The summed E-state index contributed by atoms with van der Waals surface area (Å²) in [5.41, 5.74) is 4.92. The van der Waals surface area contributed by atoms with Crippen molar-refractivity contribution in [3.05, 3.63) is 10.4 Å². The molecule has 0 bridgehead atoms. The lowest BCUT2D eigenvalue weighted by molar-refractivity contribution is -0.0467. The van der Waals surface area contributed by atoms with E-state index in [-0.39, 0.29) is 23.5 Å². The van der Waals surface area contributed by atoms with Crippen molar-refractivity contribution in [1.82, 2.24) is 25.0 Å². The Hall–Kier alpha value is -1.89. The van der Waals surface area contributed by atoms with Crippen LogP contribution in [0.5, 0.6) is 0 Å². The minimum Gasteiger partial charge on any atom is -0.390 e. The SMILES string of the molecule is Nc1nc2c(nnn2C2CC(O)C(COP(=O)(O)O)O2)c(=O)[nH]1. The molecule has 0 saturated carbocycles. The maximum atomic E-state index is 11.7. The van der Waals surface area contributed by atoms with Crippen LogP contribution in [0.1, 0.15) is 12.6 Å². The van der Waals surface area contributed by atoms with E-state index in [1.54, 1.807) is 0 Å². The van der Waals surface area contributed by atoms with Crippen LogP contribution in [0.4, 0.5) is 5.95 Å². The highest BCUT2D eigenvalue weighted by Crippen LogP contribution is 2.38. The Labute approximate surface area is 127 Å². The Morgan fingerprint density at radius 2 is 2.26 bits per heavy atom. The van der Waals surface area contributed by atoms with Crippen LogP contribution in [0.15, 0.2) is 4.79 Å². The summed E-state index contributed by atoms with van der Waals surface area (Å²) in [4.78, 5) is 35.2. The number of fused-ring (bicyclic) bond motifs is 1. The first-order chi connectivity index (χ1) is 10.7. The molecule has 6 N–H and O–H groups in total. The third-order valence-electron chi connectivity index (χ3n) is 3.24. The Morgan fingerprint density at radius 1 is 1.52 bits per heavy atom. The van der Waals surface area contributed by atoms with Gasteiger partial charge in [-0.15, -0.1) is 5.10 Å². The number of aromatic nitrogens is 5. The van der Waals surface area contributed by atoms with E-state index in [0.717, 1.165) is 0 Å². The summed E-state index contributed by atoms with van der Waals surface area (Å²) in [6.07, 6.45) is -2.83. The van der Waals surface area contributed by atoms with Gasteiger partial charge in [-0.1, -0.05) is 5.21 Å². The van der Waals surface area contributed by atoms with Crippen LogP contribution in [-0.2, 0) is 13.8 Å². The number of nitrogens with zero attached hydrogens (tertiary/aromatic N) is 4. The third-order valence-corrected chi connectivity index (χ3v) is 3.72. The number of aliphatic hydroxyl groups is 1. The number of rotatable bonds is 4. The Bertz CT molecular complexity index is 829. The zero-order valence-electron chi connectivity index (χ0n) is 11.4. The van der Waals surface area contributed by atoms with Gasteiger partial charge in [-0.2, -0.15) is 9.67 Å². The normalized spacial score (nSPS) is 25.3. The van der Waals surface area contributed by atoms with Crippen molar-refractivity contribution in [3.63, 3.8) is 0 Å². The fourth-order valence-corrected chi connectivity index (χ4v) is 2.58.